The Kier molecular flexibility index (Phi) is 4.04. The Morgan fingerprint density at radius 2 is 2.00 bits per heavy atom. The zero-order valence-electron chi connectivity index (χ0n) is 9.86. The molecule has 18 heavy (non-hydrogen) atoms. The van der Waals surface area contributed by atoms with Crippen molar-refractivity contribution >= 4 is 29.0 Å². The zero-order chi connectivity index (χ0) is 13.1. The number of hydrogen-bond acceptors (Lipinski definition) is 2. The summed E-state index contributed by atoms with van der Waals surface area (Å²) in [6.07, 6.45) is 2.36. The van der Waals surface area contributed by atoms with Crippen LogP contribution in [0.4, 0.5) is 0 Å². The van der Waals surface area contributed by atoms with Crippen molar-refractivity contribution in [1.82, 2.24) is 9.78 Å². The standard InChI is InChI=1S/C13H12Cl2N2O/c1-2-7-17-12(11(15)8-16-17)13(18)9-5-3-4-6-10(9)14/h3-6,8H,2,7H2,1H3. The second-order valence-electron chi connectivity index (χ2n) is 3.87. The molecule has 94 valence electrons. The lowest BCUT2D eigenvalue weighted by Crippen LogP contribution is -2.12. The van der Waals surface area contributed by atoms with Crippen LogP contribution >= 0.6 is 23.2 Å². The molecule has 0 atom stereocenters. The van der Waals surface area contributed by atoms with E-state index < -0.39 is 0 Å². The van der Waals surface area contributed by atoms with Crippen LogP contribution in [0.25, 0.3) is 0 Å². The first-order valence-electron chi connectivity index (χ1n) is 5.65. The van der Waals surface area contributed by atoms with E-state index in [-0.39, 0.29) is 5.78 Å². The predicted octanol–water partition coefficient (Wildman–Crippen LogP) is 3.83. The Hall–Kier alpha value is -1.32. The van der Waals surface area contributed by atoms with E-state index in [1.807, 2.05) is 6.92 Å². The van der Waals surface area contributed by atoms with Crippen molar-refractivity contribution in [2.75, 3.05) is 0 Å². The van der Waals surface area contributed by atoms with Gasteiger partial charge in [0.1, 0.15) is 5.69 Å². The highest BCUT2D eigenvalue weighted by Crippen LogP contribution is 2.23. The molecule has 0 unspecified atom stereocenters. The summed E-state index contributed by atoms with van der Waals surface area (Å²) >= 11 is 12.1. The molecule has 0 bridgehead atoms. The summed E-state index contributed by atoms with van der Waals surface area (Å²) in [5, 5.41) is 4.88. The van der Waals surface area contributed by atoms with Crippen LogP contribution in [0, 0.1) is 0 Å². The molecular formula is C13H12Cl2N2O. The van der Waals surface area contributed by atoms with E-state index >= 15 is 0 Å². The molecule has 0 fully saturated rings. The predicted molar refractivity (Wildman–Crippen MR) is 72.4 cm³/mol. The van der Waals surface area contributed by atoms with Gasteiger partial charge in [0.25, 0.3) is 0 Å². The molecule has 0 aliphatic heterocycles. The zero-order valence-corrected chi connectivity index (χ0v) is 11.4. The van der Waals surface area contributed by atoms with Gasteiger partial charge in [-0.05, 0) is 18.6 Å². The van der Waals surface area contributed by atoms with Gasteiger partial charge in [-0.2, -0.15) is 5.10 Å². The fourth-order valence-corrected chi connectivity index (χ4v) is 2.19. The second-order valence-corrected chi connectivity index (χ2v) is 4.69. The normalized spacial score (nSPS) is 10.6. The summed E-state index contributed by atoms with van der Waals surface area (Å²) in [6.45, 7) is 2.66. The number of rotatable bonds is 4. The van der Waals surface area contributed by atoms with Gasteiger partial charge in [0, 0.05) is 12.1 Å². The molecule has 2 aromatic rings. The van der Waals surface area contributed by atoms with Gasteiger partial charge in [0.15, 0.2) is 0 Å². The van der Waals surface area contributed by atoms with E-state index in [1.54, 1.807) is 28.9 Å². The molecule has 0 aliphatic rings. The average Bonchev–Trinajstić information content (AvgIpc) is 2.71. The number of nitrogens with zero attached hydrogens (tertiary/aromatic N) is 2. The number of ketones is 1. The van der Waals surface area contributed by atoms with Crippen molar-refractivity contribution in [3.8, 4) is 0 Å². The number of benzene rings is 1. The van der Waals surface area contributed by atoms with E-state index in [9.17, 15) is 4.79 Å². The van der Waals surface area contributed by atoms with Crippen LogP contribution in [0.15, 0.2) is 30.5 Å². The van der Waals surface area contributed by atoms with Crippen molar-refractivity contribution in [2.45, 2.75) is 19.9 Å². The number of aryl methyl sites for hydroxylation is 1. The summed E-state index contributed by atoms with van der Waals surface area (Å²) in [5.41, 5.74) is 0.838. The van der Waals surface area contributed by atoms with Crippen molar-refractivity contribution in [1.29, 1.82) is 0 Å². The van der Waals surface area contributed by atoms with Crippen LogP contribution in [0.1, 0.15) is 29.4 Å². The highest BCUT2D eigenvalue weighted by atomic mass is 35.5. The lowest BCUT2D eigenvalue weighted by atomic mass is 10.1. The van der Waals surface area contributed by atoms with Crippen LogP contribution in [-0.2, 0) is 6.54 Å². The molecular weight excluding hydrogens is 271 g/mol. The van der Waals surface area contributed by atoms with Gasteiger partial charge in [-0.15, -0.1) is 0 Å². The van der Waals surface area contributed by atoms with Crippen LogP contribution in [0.2, 0.25) is 10.0 Å². The molecule has 3 nitrogen and oxygen atoms in total. The number of hydrogen-bond donors (Lipinski definition) is 0. The monoisotopic (exact) mass is 282 g/mol. The molecule has 0 spiro atoms. The first-order chi connectivity index (χ1) is 8.65. The third-order valence-electron chi connectivity index (χ3n) is 2.56. The second kappa shape index (κ2) is 5.55. The van der Waals surface area contributed by atoms with Gasteiger partial charge in [-0.3, -0.25) is 9.48 Å². The largest absolute Gasteiger partial charge is 0.287 e. The van der Waals surface area contributed by atoms with Gasteiger partial charge >= 0.3 is 0 Å². The summed E-state index contributed by atoms with van der Waals surface area (Å²) in [4.78, 5) is 12.4. The first-order valence-corrected chi connectivity index (χ1v) is 6.41. The van der Waals surface area contributed by atoms with Crippen LogP contribution < -0.4 is 0 Å². The molecule has 0 aliphatic carbocycles. The van der Waals surface area contributed by atoms with Crippen molar-refractivity contribution in [2.24, 2.45) is 0 Å². The Balaban J connectivity index is 2.46. The van der Waals surface area contributed by atoms with E-state index in [4.69, 9.17) is 23.2 Å². The Labute approximate surface area is 115 Å². The third-order valence-corrected chi connectivity index (χ3v) is 3.17. The number of aromatic nitrogens is 2. The maximum atomic E-state index is 12.4. The third kappa shape index (κ3) is 2.42. The van der Waals surface area contributed by atoms with Gasteiger partial charge < -0.3 is 0 Å². The minimum absolute atomic E-state index is 0.198. The molecule has 5 heteroatoms. The molecule has 0 saturated carbocycles. The molecule has 2 rings (SSSR count). The van der Waals surface area contributed by atoms with Crippen molar-refractivity contribution < 1.29 is 4.79 Å². The summed E-state index contributed by atoms with van der Waals surface area (Å²) in [7, 11) is 0. The van der Waals surface area contributed by atoms with E-state index in [2.05, 4.69) is 5.10 Å². The lowest BCUT2D eigenvalue weighted by Gasteiger charge is -2.07. The van der Waals surface area contributed by atoms with Crippen molar-refractivity contribution in [3.05, 3.63) is 51.8 Å². The number of carbonyl (C=O) groups is 1. The maximum absolute atomic E-state index is 12.4. The Morgan fingerprint density at radius 3 is 2.67 bits per heavy atom. The van der Waals surface area contributed by atoms with Gasteiger partial charge in [-0.25, -0.2) is 0 Å². The summed E-state index contributed by atoms with van der Waals surface area (Å²) < 4.78 is 1.62. The average molecular weight is 283 g/mol. The summed E-state index contributed by atoms with van der Waals surface area (Å²) in [6, 6.07) is 6.92. The van der Waals surface area contributed by atoms with Crippen LogP contribution in [-0.4, -0.2) is 15.6 Å². The van der Waals surface area contributed by atoms with Crippen LogP contribution in [0.5, 0.6) is 0 Å². The minimum atomic E-state index is -0.198. The summed E-state index contributed by atoms with van der Waals surface area (Å²) in [5.74, 6) is -0.198. The fourth-order valence-electron chi connectivity index (χ4n) is 1.74. The van der Waals surface area contributed by atoms with Crippen LogP contribution in [0.3, 0.4) is 0 Å². The fraction of sp³-hybridized carbons (Fsp3) is 0.231. The molecule has 1 heterocycles. The van der Waals surface area contributed by atoms with E-state index in [0.29, 0.717) is 27.8 Å². The lowest BCUT2D eigenvalue weighted by molar-refractivity contribution is 0.102. The Bertz CT molecular complexity index is 578. The molecule has 0 saturated heterocycles. The van der Waals surface area contributed by atoms with Gasteiger partial charge in [-0.1, -0.05) is 42.3 Å². The topological polar surface area (TPSA) is 34.9 Å². The highest BCUT2D eigenvalue weighted by Gasteiger charge is 2.20. The molecule has 0 N–H and O–H groups in total. The molecule has 1 aromatic heterocycles. The van der Waals surface area contributed by atoms with E-state index in [1.165, 1.54) is 6.20 Å². The smallest absolute Gasteiger partial charge is 0.214 e. The highest BCUT2D eigenvalue weighted by molar-refractivity contribution is 6.37. The molecule has 0 amide bonds. The molecule has 1 aromatic carbocycles. The minimum Gasteiger partial charge on any atom is -0.287 e. The maximum Gasteiger partial charge on any atom is 0.214 e. The van der Waals surface area contributed by atoms with Crippen molar-refractivity contribution in [3.63, 3.8) is 0 Å². The van der Waals surface area contributed by atoms with Gasteiger partial charge in [0.05, 0.1) is 16.2 Å². The number of carbonyl (C=O) groups excluding carboxylic acids is 1. The quantitative estimate of drug-likeness (QED) is 0.799. The first kappa shape index (κ1) is 13.1. The molecule has 0 radical (unpaired) electrons. The Morgan fingerprint density at radius 1 is 1.28 bits per heavy atom. The number of halogens is 2. The van der Waals surface area contributed by atoms with Gasteiger partial charge in [0.2, 0.25) is 5.78 Å². The SMILES string of the molecule is CCCn1ncc(Cl)c1C(=O)c1ccccc1Cl. The van der Waals surface area contributed by atoms with E-state index in [0.717, 1.165) is 6.42 Å².